The quantitative estimate of drug-likeness (QED) is 0.534. The summed E-state index contributed by atoms with van der Waals surface area (Å²) in [5.41, 5.74) is 6.30. The summed E-state index contributed by atoms with van der Waals surface area (Å²) in [6.07, 6.45) is 3.10. The van der Waals surface area contributed by atoms with E-state index in [-0.39, 0.29) is 19.0 Å². The van der Waals surface area contributed by atoms with Gasteiger partial charge in [-0.1, -0.05) is 35.9 Å². The Hall–Kier alpha value is -2.07. The molecule has 0 atom stereocenters. The smallest absolute Gasteiger partial charge is 0.0726 e. The Labute approximate surface area is 170 Å². The fraction of sp³-hybridized carbons (Fsp3) is 0.227. The molecule has 2 N–H and O–H groups in total. The highest BCUT2D eigenvalue weighted by atomic mass is 35.5. The van der Waals surface area contributed by atoms with Crippen LogP contribution in [0.4, 0.5) is 11.4 Å². The maximum absolute atomic E-state index is 9.04. The lowest BCUT2D eigenvalue weighted by Crippen LogP contribution is -1.97. The maximum atomic E-state index is 9.04. The van der Waals surface area contributed by atoms with Gasteiger partial charge in [0.2, 0.25) is 0 Å². The molecule has 4 rings (SSSR count). The molecular weight excluding hydrogens is 379 g/mol. The SMILES string of the molecule is Cl.OCCc1ccc(Nc2cc(-c3cccc(Cl)c3)nc(C3CC3)c2)cc1. The molecule has 1 aliphatic rings. The van der Waals surface area contributed by atoms with Gasteiger partial charge < -0.3 is 10.4 Å². The van der Waals surface area contributed by atoms with Crippen LogP contribution in [0.3, 0.4) is 0 Å². The number of anilines is 2. The van der Waals surface area contributed by atoms with Gasteiger partial charge in [-0.3, -0.25) is 4.98 Å². The molecule has 1 fully saturated rings. The first kappa shape index (κ1) is 19.7. The van der Waals surface area contributed by atoms with Crippen LogP contribution in [0, 0.1) is 0 Å². The third-order valence-corrected chi connectivity index (χ3v) is 4.84. The Morgan fingerprint density at radius 2 is 1.78 bits per heavy atom. The van der Waals surface area contributed by atoms with Gasteiger partial charge in [0.25, 0.3) is 0 Å². The van der Waals surface area contributed by atoms with Gasteiger partial charge >= 0.3 is 0 Å². The Bertz CT molecular complexity index is 908. The first-order valence-corrected chi connectivity index (χ1v) is 9.34. The molecule has 2 aromatic carbocycles. The minimum absolute atomic E-state index is 0. The largest absolute Gasteiger partial charge is 0.396 e. The maximum Gasteiger partial charge on any atom is 0.0726 e. The van der Waals surface area contributed by atoms with Gasteiger partial charge in [0.05, 0.1) is 5.69 Å². The van der Waals surface area contributed by atoms with Gasteiger partial charge in [-0.15, -0.1) is 12.4 Å². The average molecular weight is 401 g/mol. The number of benzene rings is 2. The number of aliphatic hydroxyl groups is 1. The van der Waals surface area contributed by atoms with Crippen LogP contribution < -0.4 is 5.32 Å². The minimum atomic E-state index is 0. The van der Waals surface area contributed by atoms with Crippen LogP contribution in [0.2, 0.25) is 5.02 Å². The highest BCUT2D eigenvalue weighted by Gasteiger charge is 2.26. The summed E-state index contributed by atoms with van der Waals surface area (Å²) in [4.78, 5) is 4.86. The fourth-order valence-corrected chi connectivity index (χ4v) is 3.25. The van der Waals surface area contributed by atoms with Crippen LogP contribution >= 0.6 is 24.0 Å². The highest BCUT2D eigenvalue weighted by molar-refractivity contribution is 6.30. The van der Waals surface area contributed by atoms with Crippen molar-refractivity contribution in [3.8, 4) is 11.3 Å². The molecular formula is C22H22Cl2N2O. The summed E-state index contributed by atoms with van der Waals surface area (Å²) in [7, 11) is 0. The minimum Gasteiger partial charge on any atom is -0.396 e. The lowest BCUT2D eigenvalue weighted by molar-refractivity contribution is 0.299. The van der Waals surface area contributed by atoms with E-state index in [1.54, 1.807) is 0 Å². The summed E-state index contributed by atoms with van der Waals surface area (Å²) in [6, 6.07) is 20.2. The number of rotatable bonds is 6. The summed E-state index contributed by atoms with van der Waals surface area (Å²) >= 11 is 6.16. The molecule has 0 amide bonds. The number of hydrogen-bond donors (Lipinski definition) is 2. The second-order valence-electron chi connectivity index (χ2n) is 6.75. The molecule has 1 aromatic heterocycles. The Kier molecular flexibility index (Phi) is 6.38. The monoisotopic (exact) mass is 400 g/mol. The van der Waals surface area contributed by atoms with Crippen molar-refractivity contribution in [2.45, 2.75) is 25.2 Å². The average Bonchev–Trinajstić information content (AvgIpc) is 3.49. The Morgan fingerprint density at radius 1 is 1.00 bits per heavy atom. The lowest BCUT2D eigenvalue weighted by atomic mass is 10.1. The molecule has 0 saturated heterocycles. The van der Waals surface area contributed by atoms with Crippen molar-refractivity contribution in [2.75, 3.05) is 11.9 Å². The molecule has 0 aliphatic heterocycles. The van der Waals surface area contributed by atoms with E-state index in [1.807, 2.05) is 48.5 Å². The van der Waals surface area contributed by atoms with Crippen molar-refractivity contribution < 1.29 is 5.11 Å². The first-order chi connectivity index (χ1) is 12.7. The van der Waals surface area contributed by atoms with Crippen molar-refractivity contribution in [1.29, 1.82) is 0 Å². The topological polar surface area (TPSA) is 45.1 Å². The normalized spacial score (nSPS) is 13.1. The van der Waals surface area contributed by atoms with Crippen LogP contribution in [-0.2, 0) is 6.42 Å². The third-order valence-electron chi connectivity index (χ3n) is 4.60. The molecule has 1 aliphatic carbocycles. The van der Waals surface area contributed by atoms with Crippen molar-refractivity contribution >= 4 is 35.4 Å². The van der Waals surface area contributed by atoms with Crippen LogP contribution in [0.5, 0.6) is 0 Å². The third kappa shape index (κ3) is 5.01. The Balaban J connectivity index is 0.00000210. The van der Waals surface area contributed by atoms with Gasteiger partial charge in [0.1, 0.15) is 0 Å². The van der Waals surface area contributed by atoms with E-state index in [9.17, 15) is 0 Å². The van der Waals surface area contributed by atoms with Crippen molar-refractivity contribution in [3.05, 3.63) is 76.9 Å². The number of hydrogen-bond acceptors (Lipinski definition) is 3. The first-order valence-electron chi connectivity index (χ1n) is 8.96. The fourth-order valence-electron chi connectivity index (χ4n) is 3.06. The Morgan fingerprint density at radius 3 is 2.44 bits per heavy atom. The lowest BCUT2D eigenvalue weighted by Gasteiger charge is -2.12. The number of aliphatic hydroxyl groups excluding tert-OH is 1. The predicted octanol–water partition coefficient (Wildman–Crippen LogP) is 5.98. The van der Waals surface area contributed by atoms with E-state index < -0.39 is 0 Å². The molecule has 0 spiro atoms. The van der Waals surface area contributed by atoms with E-state index in [1.165, 1.54) is 12.8 Å². The van der Waals surface area contributed by atoms with E-state index >= 15 is 0 Å². The van der Waals surface area contributed by atoms with Gasteiger partial charge in [-0.25, -0.2) is 0 Å². The number of halogens is 2. The number of nitrogens with zero attached hydrogens (tertiary/aromatic N) is 1. The van der Waals surface area contributed by atoms with Gasteiger partial charge in [0.15, 0.2) is 0 Å². The molecule has 0 unspecified atom stereocenters. The molecule has 0 bridgehead atoms. The summed E-state index contributed by atoms with van der Waals surface area (Å²) in [6.45, 7) is 0.172. The van der Waals surface area contributed by atoms with Gasteiger partial charge in [-0.05, 0) is 61.2 Å². The van der Waals surface area contributed by atoms with Crippen molar-refractivity contribution in [3.63, 3.8) is 0 Å². The van der Waals surface area contributed by atoms with Crippen LogP contribution in [0.15, 0.2) is 60.7 Å². The number of pyridine rings is 1. The second-order valence-corrected chi connectivity index (χ2v) is 7.18. The summed E-state index contributed by atoms with van der Waals surface area (Å²) in [5.74, 6) is 0.571. The number of nitrogens with one attached hydrogen (secondary N) is 1. The van der Waals surface area contributed by atoms with Crippen molar-refractivity contribution in [2.24, 2.45) is 0 Å². The zero-order valence-electron chi connectivity index (χ0n) is 14.9. The number of aromatic nitrogens is 1. The molecule has 3 aromatic rings. The molecule has 0 radical (unpaired) electrons. The van der Waals surface area contributed by atoms with E-state index in [0.29, 0.717) is 12.3 Å². The molecule has 1 saturated carbocycles. The van der Waals surface area contributed by atoms with E-state index in [4.69, 9.17) is 21.7 Å². The van der Waals surface area contributed by atoms with E-state index in [0.717, 1.165) is 38.9 Å². The van der Waals surface area contributed by atoms with Gasteiger partial charge in [0, 0.05) is 40.2 Å². The van der Waals surface area contributed by atoms with E-state index in [2.05, 4.69) is 17.4 Å². The van der Waals surface area contributed by atoms with Crippen molar-refractivity contribution in [1.82, 2.24) is 4.98 Å². The van der Waals surface area contributed by atoms with Crippen LogP contribution in [-0.4, -0.2) is 16.7 Å². The zero-order valence-corrected chi connectivity index (χ0v) is 16.4. The summed E-state index contributed by atoms with van der Waals surface area (Å²) < 4.78 is 0. The molecule has 140 valence electrons. The standard InChI is InChI=1S/C22H21ClN2O.ClH/c23-18-3-1-2-17(12-18)22-14-20(13-21(25-22)16-6-7-16)24-19-8-4-15(5-9-19)10-11-26;/h1-5,8-9,12-14,16,26H,6-7,10-11H2,(H,24,25);1H. The predicted molar refractivity (Wildman–Crippen MR) is 114 cm³/mol. The second kappa shape index (κ2) is 8.75. The molecule has 3 nitrogen and oxygen atoms in total. The molecule has 27 heavy (non-hydrogen) atoms. The van der Waals surface area contributed by atoms with Crippen LogP contribution in [0.1, 0.15) is 30.0 Å². The van der Waals surface area contributed by atoms with Gasteiger partial charge in [-0.2, -0.15) is 0 Å². The highest BCUT2D eigenvalue weighted by Crippen LogP contribution is 2.41. The zero-order chi connectivity index (χ0) is 17.9. The van der Waals surface area contributed by atoms with Crippen LogP contribution in [0.25, 0.3) is 11.3 Å². The molecule has 5 heteroatoms. The molecule has 1 heterocycles. The summed E-state index contributed by atoms with van der Waals surface area (Å²) in [5, 5.41) is 13.2.